The summed E-state index contributed by atoms with van der Waals surface area (Å²) in [6, 6.07) is 20.1. The van der Waals surface area contributed by atoms with Gasteiger partial charge in [0.15, 0.2) is 6.04 Å². The Kier molecular flexibility index (Phi) is 8.33. The number of esters is 1. The molecule has 0 spiro atoms. The standard InChI is InChI=1S/C32H33N7O5/c1-3-43-32(42)21-10-8-11-22(18-21)39(28(40)20-38-27-16-7-5-14-25(27)35-36-38)29(31(41)33-19-23-12-9-17-44-23)30-34-24-13-4-6-15-26(24)37(30)2/h4-8,10-11,13-16,18,23,29H,3,9,12,17,19-20H2,1-2H3,(H,33,41)/t23-,29-/m1/s1. The number of ether oxygens (including phenoxy) is 2. The lowest BCUT2D eigenvalue weighted by Gasteiger charge is -2.31. The van der Waals surface area contributed by atoms with Crippen LogP contribution in [0.25, 0.3) is 22.1 Å². The van der Waals surface area contributed by atoms with Gasteiger partial charge in [-0.15, -0.1) is 5.10 Å². The van der Waals surface area contributed by atoms with Crippen LogP contribution in [0.4, 0.5) is 5.69 Å². The van der Waals surface area contributed by atoms with E-state index in [9.17, 15) is 14.4 Å². The Labute approximate surface area is 253 Å². The zero-order chi connectivity index (χ0) is 30.6. The lowest BCUT2D eigenvalue weighted by molar-refractivity contribution is -0.127. The van der Waals surface area contributed by atoms with Crippen LogP contribution in [0, 0.1) is 0 Å². The van der Waals surface area contributed by atoms with E-state index in [0.29, 0.717) is 34.7 Å². The van der Waals surface area contributed by atoms with E-state index in [-0.39, 0.29) is 31.4 Å². The highest BCUT2D eigenvalue weighted by molar-refractivity contribution is 6.02. The van der Waals surface area contributed by atoms with E-state index in [4.69, 9.17) is 14.5 Å². The molecule has 2 aromatic heterocycles. The highest BCUT2D eigenvalue weighted by Crippen LogP contribution is 2.31. The number of para-hydroxylation sites is 3. The number of carbonyl (C=O) groups is 3. The summed E-state index contributed by atoms with van der Waals surface area (Å²) in [5.74, 6) is -1.07. The molecular weight excluding hydrogens is 562 g/mol. The maximum Gasteiger partial charge on any atom is 0.338 e. The molecule has 0 unspecified atom stereocenters. The van der Waals surface area contributed by atoms with Crippen LogP contribution >= 0.6 is 0 Å². The number of anilines is 1. The SMILES string of the molecule is CCOC(=O)c1cccc(N(C(=O)Cn2nnc3ccccc32)[C@@H](C(=O)NC[C@H]2CCCO2)c2nc3ccccc3n2C)c1. The van der Waals surface area contributed by atoms with E-state index in [1.54, 1.807) is 31.2 Å². The molecule has 12 heteroatoms. The highest BCUT2D eigenvalue weighted by Gasteiger charge is 2.37. The molecule has 226 valence electrons. The normalized spacial score (nSPS) is 15.4. The van der Waals surface area contributed by atoms with Crippen molar-refractivity contribution in [1.82, 2.24) is 29.9 Å². The second-order valence-corrected chi connectivity index (χ2v) is 10.6. The molecule has 44 heavy (non-hydrogen) atoms. The smallest absolute Gasteiger partial charge is 0.338 e. The number of nitrogens with zero attached hydrogens (tertiary/aromatic N) is 6. The number of aryl methyl sites for hydroxylation is 1. The van der Waals surface area contributed by atoms with Gasteiger partial charge in [-0.3, -0.25) is 14.5 Å². The van der Waals surface area contributed by atoms with Crippen LogP contribution in [0.3, 0.4) is 0 Å². The Bertz CT molecular complexity index is 1820. The van der Waals surface area contributed by atoms with Gasteiger partial charge in [0.2, 0.25) is 5.91 Å². The maximum atomic E-state index is 14.4. The molecule has 1 saturated heterocycles. The topological polar surface area (TPSA) is 133 Å². The fourth-order valence-electron chi connectivity index (χ4n) is 5.55. The fraction of sp³-hybridized carbons (Fsp3) is 0.312. The summed E-state index contributed by atoms with van der Waals surface area (Å²) in [5.41, 5.74) is 3.36. The molecule has 0 saturated carbocycles. The van der Waals surface area contributed by atoms with Gasteiger partial charge in [-0.2, -0.15) is 0 Å². The Morgan fingerprint density at radius 3 is 2.57 bits per heavy atom. The van der Waals surface area contributed by atoms with Gasteiger partial charge in [-0.25, -0.2) is 14.5 Å². The molecule has 2 atom stereocenters. The molecule has 5 aromatic rings. The van der Waals surface area contributed by atoms with Crippen molar-refractivity contribution in [1.29, 1.82) is 0 Å². The van der Waals surface area contributed by atoms with Crippen LogP contribution in [0.15, 0.2) is 72.8 Å². The molecule has 1 aliphatic rings. The fourth-order valence-corrected chi connectivity index (χ4v) is 5.55. The number of benzene rings is 3. The zero-order valence-electron chi connectivity index (χ0n) is 24.6. The molecular formula is C32H33N7O5. The number of hydrogen-bond acceptors (Lipinski definition) is 8. The Hall–Kier alpha value is -5.10. The molecule has 3 aromatic carbocycles. The first-order valence-corrected chi connectivity index (χ1v) is 14.6. The second kappa shape index (κ2) is 12.6. The van der Waals surface area contributed by atoms with Crippen molar-refractivity contribution in [3.8, 4) is 0 Å². The van der Waals surface area contributed by atoms with Crippen molar-refractivity contribution < 1.29 is 23.9 Å². The number of hydrogen-bond donors (Lipinski definition) is 1. The summed E-state index contributed by atoms with van der Waals surface area (Å²) < 4.78 is 14.3. The number of nitrogens with one attached hydrogen (secondary N) is 1. The first-order valence-electron chi connectivity index (χ1n) is 14.6. The predicted molar refractivity (Wildman–Crippen MR) is 163 cm³/mol. The number of fused-ring (bicyclic) bond motifs is 2. The minimum Gasteiger partial charge on any atom is -0.462 e. The first kappa shape index (κ1) is 29.0. The number of aromatic nitrogens is 5. The Morgan fingerprint density at radius 2 is 1.82 bits per heavy atom. The maximum absolute atomic E-state index is 14.4. The van der Waals surface area contributed by atoms with Gasteiger partial charge in [-0.05, 0) is 62.2 Å². The van der Waals surface area contributed by atoms with Gasteiger partial charge >= 0.3 is 5.97 Å². The predicted octanol–water partition coefficient (Wildman–Crippen LogP) is 3.56. The summed E-state index contributed by atoms with van der Waals surface area (Å²) in [6.45, 7) is 2.63. The molecule has 0 aliphatic carbocycles. The molecule has 12 nitrogen and oxygen atoms in total. The van der Waals surface area contributed by atoms with Crippen molar-refractivity contribution in [2.75, 3.05) is 24.7 Å². The third-order valence-electron chi connectivity index (χ3n) is 7.71. The number of carbonyl (C=O) groups excluding carboxylic acids is 3. The van der Waals surface area contributed by atoms with Crippen molar-refractivity contribution in [3.63, 3.8) is 0 Å². The van der Waals surface area contributed by atoms with E-state index in [2.05, 4.69) is 15.6 Å². The van der Waals surface area contributed by atoms with Crippen LogP contribution in [-0.2, 0) is 32.7 Å². The molecule has 3 heterocycles. The molecule has 1 aliphatic heterocycles. The minimum atomic E-state index is -1.20. The number of imidazole rings is 1. The molecule has 1 fully saturated rings. The van der Waals surface area contributed by atoms with Crippen LogP contribution in [0.5, 0.6) is 0 Å². The lowest BCUT2D eigenvalue weighted by Crippen LogP contribution is -2.47. The van der Waals surface area contributed by atoms with E-state index in [0.717, 1.165) is 18.4 Å². The third kappa shape index (κ3) is 5.76. The highest BCUT2D eigenvalue weighted by atomic mass is 16.5. The second-order valence-electron chi connectivity index (χ2n) is 10.6. The van der Waals surface area contributed by atoms with Crippen LogP contribution in [-0.4, -0.2) is 68.2 Å². The first-order chi connectivity index (χ1) is 21.4. The molecule has 6 rings (SSSR count). The van der Waals surface area contributed by atoms with Gasteiger partial charge < -0.3 is 19.4 Å². The van der Waals surface area contributed by atoms with E-state index in [1.807, 2.05) is 60.1 Å². The van der Waals surface area contributed by atoms with Gasteiger partial charge in [0.05, 0.1) is 34.8 Å². The van der Waals surface area contributed by atoms with E-state index in [1.165, 1.54) is 9.58 Å². The van der Waals surface area contributed by atoms with Crippen molar-refractivity contribution in [2.45, 2.75) is 38.5 Å². The van der Waals surface area contributed by atoms with Gasteiger partial charge in [0.1, 0.15) is 17.9 Å². The zero-order valence-corrected chi connectivity index (χ0v) is 24.6. The summed E-state index contributed by atoms with van der Waals surface area (Å²) >= 11 is 0. The van der Waals surface area contributed by atoms with Crippen LogP contribution < -0.4 is 10.2 Å². The summed E-state index contributed by atoms with van der Waals surface area (Å²) in [7, 11) is 1.81. The van der Waals surface area contributed by atoms with Gasteiger partial charge in [-0.1, -0.05) is 35.5 Å². The number of amides is 2. The van der Waals surface area contributed by atoms with E-state index >= 15 is 0 Å². The average Bonchev–Trinajstić information content (AvgIpc) is 3.79. The van der Waals surface area contributed by atoms with Gasteiger partial charge in [0.25, 0.3) is 5.91 Å². The van der Waals surface area contributed by atoms with Crippen molar-refractivity contribution in [2.24, 2.45) is 7.05 Å². The summed E-state index contributed by atoms with van der Waals surface area (Å²) in [6.07, 6.45) is 1.64. The number of rotatable bonds is 10. The largest absolute Gasteiger partial charge is 0.462 e. The average molecular weight is 596 g/mol. The molecule has 2 amide bonds. The summed E-state index contributed by atoms with van der Waals surface area (Å²) in [5, 5.41) is 11.4. The molecule has 1 N–H and O–H groups in total. The van der Waals surface area contributed by atoms with Crippen molar-refractivity contribution >= 4 is 45.5 Å². The molecule has 0 bridgehead atoms. The third-order valence-corrected chi connectivity index (χ3v) is 7.71. The van der Waals surface area contributed by atoms with Gasteiger partial charge in [0, 0.05) is 25.9 Å². The quantitative estimate of drug-likeness (QED) is 0.242. The summed E-state index contributed by atoms with van der Waals surface area (Å²) in [4.78, 5) is 47.6. The van der Waals surface area contributed by atoms with E-state index < -0.39 is 23.8 Å². The molecule has 0 radical (unpaired) electrons. The lowest BCUT2D eigenvalue weighted by atomic mass is 10.1. The van der Waals surface area contributed by atoms with Crippen LogP contribution in [0.1, 0.15) is 42.0 Å². The Morgan fingerprint density at radius 1 is 1.05 bits per heavy atom. The van der Waals surface area contributed by atoms with Crippen LogP contribution in [0.2, 0.25) is 0 Å². The monoisotopic (exact) mass is 595 g/mol. The van der Waals surface area contributed by atoms with Crippen molar-refractivity contribution in [3.05, 3.63) is 84.2 Å². The minimum absolute atomic E-state index is 0.113. The Balaban J connectivity index is 1.47.